The van der Waals surface area contributed by atoms with Gasteiger partial charge in [-0.05, 0) is 39.9 Å². The van der Waals surface area contributed by atoms with Crippen LogP contribution in [-0.2, 0) is 16.5 Å². The molecule has 0 aliphatic rings. The normalized spacial score (nSPS) is 13.1. The van der Waals surface area contributed by atoms with Crippen molar-refractivity contribution in [2.24, 2.45) is 5.73 Å². The van der Waals surface area contributed by atoms with E-state index < -0.39 is 35.5 Å². The van der Waals surface area contributed by atoms with Crippen LogP contribution in [0.5, 0.6) is 0 Å². The van der Waals surface area contributed by atoms with Crippen molar-refractivity contribution in [2.75, 3.05) is 0 Å². The fraction of sp³-hybridized carbons (Fsp3) is 0.103. The Bertz CT molecular complexity index is 1360. The third-order valence-electron chi connectivity index (χ3n) is 6.04. The highest BCUT2D eigenvalue weighted by Crippen LogP contribution is 2.32. The molecule has 36 heavy (non-hydrogen) atoms. The predicted octanol–water partition coefficient (Wildman–Crippen LogP) is 6.55. The third-order valence-corrected chi connectivity index (χ3v) is 6.04. The van der Waals surface area contributed by atoms with Gasteiger partial charge in [0.25, 0.3) is 0 Å². The number of benzene rings is 4. The lowest BCUT2D eigenvalue weighted by Crippen LogP contribution is -2.46. The van der Waals surface area contributed by atoms with E-state index in [-0.39, 0.29) is 5.56 Å². The van der Waals surface area contributed by atoms with Crippen LogP contribution in [0.3, 0.4) is 0 Å². The average molecular weight is 489 g/mol. The molecule has 0 saturated carbocycles. The average Bonchev–Trinajstić information content (AvgIpc) is 2.88. The van der Waals surface area contributed by atoms with E-state index in [2.05, 4.69) is 0 Å². The summed E-state index contributed by atoms with van der Waals surface area (Å²) >= 11 is 0. The van der Waals surface area contributed by atoms with Crippen LogP contribution in [0.2, 0.25) is 0 Å². The standard InChI is InChI=1S/C29H22F3NO3/c30-29(31,32)25-16-12-22(13-17-25)20-6-8-23(9-7-20)27(36)28(33,18-26(34)35)24-14-10-21(11-15-24)19-4-2-1-3-5-19/h1-17H,18,33H2,(H,34,35). The minimum Gasteiger partial charge on any atom is -0.481 e. The molecule has 3 N–H and O–H groups in total. The fourth-order valence-electron chi connectivity index (χ4n) is 4.07. The summed E-state index contributed by atoms with van der Waals surface area (Å²) in [4.78, 5) is 25.1. The number of hydrogen-bond donors (Lipinski definition) is 2. The molecule has 4 aromatic rings. The van der Waals surface area contributed by atoms with Crippen LogP contribution in [0.15, 0.2) is 103 Å². The number of alkyl halides is 3. The van der Waals surface area contributed by atoms with Crippen molar-refractivity contribution in [3.8, 4) is 22.3 Å². The summed E-state index contributed by atoms with van der Waals surface area (Å²) in [6.07, 6.45) is -5.04. The van der Waals surface area contributed by atoms with Gasteiger partial charge in [0, 0.05) is 5.56 Å². The topological polar surface area (TPSA) is 80.4 Å². The van der Waals surface area contributed by atoms with Gasteiger partial charge in [0.05, 0.1) is 12.0 Å². The van der Waals surface area contributed by atoms with E-state index in [1.54, 1.807) is 36.4 Å². The first-order valence-corrected chi connectivity index (χ1v) is 11.1. The number of carboxylic acids is 1. The summed E-state index contributed by atoms with van der Waals surface area (Å²) < 4.78 is 38.5. The van der Waals surface area contributed by atoms with Gasteiger partial charge < -0.3 is 10.8 Å². The van der Waals surface area contributed by atoms with Crippen molar-refractivity contribution in [3.63, 3.8) is 0 Å². The van der Waals surface area contributed by atoms with E-state index >= 15 is 0 Å². The number of ketones is 1. The van der Waals surface area contributed by atoms with Crippen molar-refractivity contribution in [3.05, 3.63) is 120 Å². The number of carbonyl (C=O) groups excluding carboxylic acids is 1. The number of halogens is 3. The maximum absolute atomic E-state index is 13.4. The maximum atomic E-state index is 13.4. The Kier molecular flexibility index (Phi) is 6.77. The van der Waals surface area contributed by atoms with Crippen molar-refractivity contribution in [1.82, 2.24) is 0 Å². The minimum absolute atomic E-state index is 0.196. The molecule has 0 bridgehead atoms. The lowest BCUT2D eigenvalue weighted by atomic mass is 9.80. The largest absolute Gasteiger partial charge is 0.481 e. The quantitative estimate of drug-likeness (QED) is 0.289. The second-order valence-electron chi connectivity index (χ2n) is 8.47. The van der Waals surface area contributed by atoms with E-state index in [0.717, 1.165) is 23.3 Å². The first-order valence-electron chi connectivity index (χ1n) is 11.1. The molecule has 1 unspecified atom stereocenters. The second kappa shape index (κ2) is 9.79. The van der Waals surface area contributed by atoms with Crippen LogP contribution in [-0.4, -0.2) is 16.9 Å². The lowest BCUT2D eigenvalue weighted by molar-refractivity contribution is -0.138. The highest BCUT2D eigenvalue weighted by atomic mass is 19.4. The molecule has 0 spiro atoms. The highest BCUT2D eigenvalue weighted by Gasteiger charge is 2.39. The molecule has 0 aliphatic heterocycles. The molecular formula is C29H22F3NO3. The SMILES string of the molecule is NC(CC(=O)O)(C(=O)c1ccc(-c2ccc(C(F)(F)F)cc2)cc1)c1ccc(-c2ccccc2)cc1. The summed E-state index contributed by atoms with van der Waals surface area (Å²) in [5, 5.41) is 9.50. The number of carbonyl (C=O) groups is 2. The zero-order valence-corrected chi connectivity index (χ0v) is 19.0. The maximum Gasteiger partial charge on any atom is 0.416 e. The van der Waals surface area contributed by atoms with Gasteiger partial charge in [-0.3, -0.25) is 9.59 Å². The third kappa shape index (κ3) is 5.21. The van der Waals surface area contributed by atoms with Gasteiger partial charge in [-0.2, -0.15) is 13.2 Å². The van der Waals surface area contributed by atoms with Crippen molar-refractivity contribution < 1.29 is 27.9 Å². The van der Waals surface area contributed by atoms with Crippen LogP contribution in [0, 0.1) is 0 Å². The molecule has 0 heterocycles. The summed E-state index contributed by atoms with van der Waals surface area (Å²) in [5.74, 6) is -1.80. The van der Waals surface area contributed by atoms with Gasteiger partial charge in [-0.25, -0.2) is 0 Å². The Balaban J connectivity index is 1.62. The van der Waals surface area contributed by atoms with Gasteiger partial charge in [0.1, 0.15) is 5.54 Å². The molecule has 0 amide bonds. The molecule has 0 aromatic heterocycles. The molecular weight excluding hydrogens is 467 g/mol. The summed E-state index contributed by atoms with van der Waals surface area (Å²) in [6.45, 7) is 0. The molecule has 1 atom stereocenters. The lowest BCUT2D eigenvalue weighted by Gasteiger charge is -2.27. The van der Waals surface area contributed by atoms with Gasteiger partial charge in [-0.15, -0.1) is 0 Å². The first-order chi connectivity index (χ1) is 17.1. The van der Waals surface area contributed by atoms with Crippen LogP contribution in [0.25, 0.3) is 22.3 Å². The van der Waals surface area contributed by atoms with Crippen LogP contribution in [0.1, 0.15) is 27.9 Å². The van der Waals surface area contributed by atoms with Gasteiger partial charge in [-0.1, -0.05) is 91.0 Å². The predicted molar refractivity (Wildman–Crippen MR) is 131 cm³/mol. The number of carboxylic acid groups (broad SMARTS) is 1. The number of rotatable bonds is 7. The Morgan fingerprint density at radius 3 is 1.50 bits per heavy atom. The zero-order chi connectivity index (χ0) is 25.9. The number of hydrogen-bond acceptors (Lipinski definition) is 3. The molecule has 182 valence electrons. The Morgan fingerprint density at radius 1 is 0.639 bits per heavy atom. The van der Waals surface area contributed by atoms with Crippen LogP contribution in [0.4, 0.5) is 13.2 Å². The minimum atomic E-state index is -4.43. The number of Topliss-reactive ketones (excluding diaryl/α,β-unsaturated/α-hetero) is 1. The Labute approximate surface area is 205 Å². The molecule has 0 fully saturated rings. The van der Waals surface area contributed by atoms with Crippen molar-refractivity contribution in [2.45, 2.75) is 18.1 Å². The van der Waals surface area contributed by atoms with E-state index in [1.807, 2.05) is 30.3 Å². The number of nitrogens with two attached hydrogens (primary N) is 1. The van der Waals surface area contributed by atoms with Crippen molar-refractivity contribution >= 4 is 11.8 Å². The Morgan fingerprint density at radius 2 is 1.06 bits per heavy atom. The molecule has 0 radical (unpaired) electrons. The van der Waals surface area contributed by atoms with Gasteiger partial charge in [0.2, 0.25) is 0 Å². The molecule has 0 aliphatic carbocycles. The van der Waals surface area contributed by atoms with E-state index in [0.29, 0.717) is 16.7 Å². The zero-order valence-electron chi connectivity index (χ0n) is 19.0. The molecule has 4 nitrogen and oxygen atoms in total. The van der Waals surface area contributed by atoms with Crippen LogP contribution >= 0.6 is 0 Å². The molecule has 7 heteroatoms. The number of aliphatic carboxylic acids is 1. The second-order valence-corrected chi connectivity index (χ2v) is 8.47. The first kappa shape index (κ1) is 24.9. The monoisotopic (exact) mass is 489 g/mol. The van der Waals surface area contributed by atoms with E-state index in [4.69, 9.17) is 5.73 Å². The fourth-order valence-corrected chi connectivity index (χ4v) is 4.07. The van der Waals surface area contributed by atoms with Gasteiger partial charge in [0.15, 0.2) is 5.78 Å². The van der Waals surface area contributed by atoms with Crippen molar-refractivity contribution in [1.29, 1.82) is 0 Å². The highest BCUT2D eigenvalue weighted by molar-refractivity contribution is 6.05. The molecule has 0 saturated heterocycles. The van der Waals surface area contributed by atoms with E-state index in [1.165, 1.54) is 24.3 Å². The molecule has 4 aromatic carbocycles. The van der Waals surface area contributed by atoms with Gasteiger partial charge >= 0.3 is 12.1 Å². The molecule has 4 rings (SSSR count). The summed E-state index contributed by atoms with van der Waals surface area (Å²) in [7, 11) is 0. The smallest absolute Gasteiger partial charge is 0.416 e. The Hall–Kier alpha value is -4.23. The van der Waals surface area contributed by atoms with E-state index in [9.17, 15) is 27.9 Å². The summed E-state index contributed by atoms with van der Waals surface area (Å²) in [6, 6.07) is 27.3. The summed E-state index contributed by atoms with van der Waals surface area (Å²) in [5.41, 5.74) is 7.46. The van der Waals surface area contributed by atoms with Crippen LogP contribution < -0.4 is 5.73 Å².